The van der Waals surface area contributed by atoms with Crippen LogP contribution in [0.15, 0.2) is 82.8 Å². The Morgan fingerprint density at radius 1 is 0.767 bits per heavy atom. The molecule has 0 fully saturated rings. The molecule has 0 spiro atoms. The van der Waals surface area contributed by atoms with Crippen molar-refractivity contribution in [2.45, 2.75) is 53.5 Å². The Hall–Kier alpha value is -2.08. The van der Waals surface area contributed by atoms with Crippen molar-refractivity contribution in [3.63, 3.8) is 0 Å². The zero-order chi connectivity index (χ0) is 32.5. The van der Waals surface area contributed by atoms with E-state index in [4.69, 9.17) is 46.2 Å². The van der Waals surface area contributed by atoms with Gasteiger partial charge in [-0.2, -0.15) is 19.6 Å². The van der Waals surface area contributed by atoms with Gasteiger partial charge in [0.2, 0.25) is 0 Å². The molecular formula is C31H37Cl2F3N2O3OsS. The van der Waals surface area contributed by atoms with Crippen LogP contribution >= 0.6 is 23.2 Å². The number of hydrogen-bond donors (Lipinski definition) is 0. The van der Waals surface area contributed by atoms with Crippen LogP contribution in [-0.2, 0) is 29.9 Å². The summed E-state index contributed by atoms with van der Waals surface area (Å²) in [4.78, 5) is 9.87. The van der Waals surface area contributed by atoms with Gasteiger partial charge in [0.1, 0.15) is 0 Å². The summed E-state index contributed by atoms with van der Waals surface area (Å²) in [6.07, 6.45) is 0.751. The summed E-state index contributed by atoms with van der Waals surface area (Å²) in [5.74, 6) is 0.151. The van der Waals surface area contributed by atoms with Crippen molar-refractivity contribution in [2.75, 3.05) is 5.34 Å². The second-order valence-corrected chi connectivity index (χ2v) is 11.2. The number of para-hydroxylation sites is 2. The first-order valence-electron chi connectivity index (χ1n) is 12.7. The molecule has 5 nitrogen and oxygen atoms in total. The minimum Gasteiger partial charge on any atom is -0.741 e. The van der Waals surface area contributed by atoms with Gasteiger partial charge < -0.3 is 11.5 Å². The number of benzene rings is 3. The molecule has 0 aliphatic heterocycles. The quantitative estimate of drug-likeness (QED) is 0.0845. The van der Waals surface area contributed by atoms with E-state index in [1.165, 1.54) is 22.3 Å². The predicted octanol–water partition coefficient (Wildman–Crippen LogP) is 9.80. The van der Waals surface area contributed by atoms with Gasteiger partial charge in [-0.15, -0.1) is 23.2 Å². The standard InChI is InChI=1S/C23H29N2.C6H6.CH2Cl2.CHF3O3S.Os/c1-8-21(19(6)24-22-15(2)11-9-12-16(22)3)20(7)25-23-17(4)13-10-14-18(23)5;1-2-4-6-5-3-1;2-1-3;2-1(3,4)8(5,6)7;/h9-14,21H,1,8H2,2-7H3;1-6H;1H2;(H,5,6,7);/q-1;;;;+2/p-1. The van der Waals surface area contributed by atoms with Gasteiger partial charge in [0.05, 0.1) is 16.7 Å². The topological polar surface area (TPSA) is 81.9 Å². The number of alkyl halides is 5. The summed E-state index contributed by atoms with van der Waals surface area (Å²) in [6.45, 7) is 16.7. The van der Waals surface area contributed by atoms with Crippen LogP contribution in [0.5, 0.6) is 0 Å². The van der Waals surface area contributed by atoms with Crippen LogP contribution in [0.25, 0.3) is 0 Å². The van der Waals surface area contributed by atoms with Gasteiger partial charge in [-0.05, 0) is 63.8 Å². The molecule has 0 bridgehead atoms. The van der Waals surface area contributed by atoms with Crippen LogP contribution in [0.4, 0.5) is 24.5 Å². The number of aliphatic imine (C=N–C) groups is 2. The van der Waals surface area contributed by atoms with E-state index in [9.17, 15) is 13.2 Å². The zero-order valence-corrected chi connectivity index (χ0v) is 29.8. The summed E-state index contributed by atoms with van der Waals surface area (Å²) in [5.41, 5.74) is 3.43. The van der Waals surface area contributed by atoms with Crippen LogP contribution in [0.3, 0.4) is 0 Å². The van der Waals surface area contributed by atoms with Crippen LogP contribution in [0, 0.1) is 40.5 Å². The molecule has 238 valence electrons. The van der Waals surface area contributed by atoms with E-state index >= 15 is 0 Å². The van der Waals surface area contributed by atoms with Crippen LogP contribution in [0.1, 0.15) is 42.5 Å². The van der Waals surface area contributed by atoms with Gasteiger partial charge in [-0.25, -0.2) is 8.42 Å². The Morgan fingerprint density at radius 3 is 1.19 bits per heavy atom. The Balaban J connectivity index is 0. The van der Waals surface area contributed by atoms with Gasteiger partial charge in [0.25, 0.3) is 0 Å². The van der Waals surface area contributed by atoms with Gasteiger partial charge in [0.15, 0.2) is 10.1 Å². The van der Waals surface area contributed by atoms with Crippen LogP contribution in [-0.4, -0.2) is 35.2 Å². The minimum atomic E-state index is -6.09. The molecule has 0 atom stereocenters. The largest absolute Gasteiger partial charge is 2.00 e. The average molecular weight is 836 g/mol. The number of halogens is 5. The van der Waals surface area contributed by atoms with Gasteiger partial charge in [0, 0.05) is 17.3 Å². The molecule has 0 saturated heterocycles. The fraction of sp³-hybridized carbons (Fsp3) is 0.323. The number of hydrogen-bond acceptors (Lipinski definition) is 5. The molecule has 3 rings (SSSR count). The number of nitrogens with zero attached hydrogens (tertiary/aromatic N) is 2. The molecule has 0 aliphatic rings. The monoisotopic (exact) mass is 836 g/mol. The molecule has 0 amide bonds. The SMILES string of the molecule is ClCCl.O=S(=O)([O-])C(F)(F)F.[CH2-]CC(C(C)=Nc1c(C)cccc1C)C(C)=Nc1c(C)cccc1C.[Os+2].c1ccccc1. The van der Waals surface area contributed by atoms with Crippen molar-refractivity contribution in [1.82, 2.24) is 0 Å². The van der Waals surface area contributed by atoms with Crippen LogP contribution < -0.4 is 0 Å². The van der Waals surface area contributed by atoms with E-state index in [1.54, 1.807) is 0 Å². The van der Waals surface area contributed by atoms with Gasteiger partial charge in [-0.1, -0.05) is 72.8 Å². The summed E-state index contributed by atoms with van der Waals surface area (Å²) < 4.78 is 58.9. The van der Waals surface area contributed by atoms with E-state index in [2.05, 4.69) is 84.9 Å². The average Bonchev–Trinajstić information content (AvgIpc) is 2.90. The molecule has 3 aromatic carbocycles. The van der Waals surface area contributed by atoms with Crippen LogP contribution in [0.2, 0.25) is 0 Å². The third-order valence-corrected chi connectivity index (χ3v) is 6.27. The van der Waals surface area contributed by atoms with Gasteiger partial charge >= 0.3 is 25.3 Å². The zero-order valence-electron chi connectivity index (χ0n) is 24.9. The van der Waals surface area contributed by atoms with Crippen molar-refractivity contribution in [2.24, 2.45) is 15.9 Å². The Labute approximate surface area is 277 Å². The third kappa shape index (κ3) is 16.5. The second kappa shape index (κ2) is 21.6. The molecule has 3 aromatic rings. The molecule has 0 heterocycles. The maximum absolute atomic E-state index is 10.7. The first kappa shape index (κ1) is 43.0. The summed E-state index contributed by atoms with van der Waals surface area (Å²) in [5, 5.41) is 0.194. The van der Waals surface area contributed by atoms with E-state index in [0.29, 0.717) is 0 Å². The normalized spacial score (nSPS) is 12.2. The maximum Gasteiger partial charge on any atom is 2.00 e. The first-order valence-corrected chi connectivity index (χ1v) is 15.2. The molecule has 0 radical (unpaired) electrons. The predicted molar refractivity (Wildman–Crippen MR) is 170 cm³/mol. The molecule has 0 N–H and O–H groups in total. The maximum atomic E-state index is 10.7. The summed E-state index contributed by atoms with van der Waals surface area (Å²) in [7, 11) is -6.09. The van der Waals surface area contributed by atoms with E-state index < -0.39 is 15.6 Å². The van der Waals surface area contributed by atoms with Crippen molar-refractivity contribution in [3.8, 4) is 0 Å². The van der Waals surface area contributed by atoms with Gasteiger partial charge in [-0.3, -0.25) is 9.98 Å². The van der Waals surface area contributed by atoms with E-state index in [1.807, 2.05) is 36.4 Å². The molecule has 0 saturated carbocycles. The molecule has 43 heavy (non-hydrogen) atoms. The van der Waals surface area contributed by atoms with Crippen molar-refractivity contribution < 1.29 is 45.9 Å². The first-order chi connectivity index (χ1) is 19.5. The molecule has 12 heteroatoms. The third-order valence-electron chi connectivity index (χ3n) is 5.70. The fourth-order valence-corrected chi connectivity index (χ4v) is 3.58. The molecular weight excluding hydrogens is 799 g/mol. The smallest absolute Gasteiger partial charge is 0.741 e. The summed E-state index contributed by atoms with van der Waals surface area (Å²) in [6, 6.07) is 24.6. The van der Waals surface area contributed by atoms with Crippen molar-refractivity contribution in [3.05, 3.63) is 102 Å². The number of aryl methyl sites for hydroxylation is 4. The molecule has 0 aliphatic carbocycles. The second-order valence-electron chi connectivity index (χ2n) is 8.98. The van der Waals surface area contributed by atoms with Crippen molar-refractivity contribution in [1.29, 1.82) is 0 Å². The number of rotatable bonds is 5. The van der Waals surface area contributed by atoms with E-state index in [0.717, 1.165) is 29.2 Å². The summed E-state index contributed by atoms with van der Waals surface area (Å²) >= 11 is 9.53. The molecule has 0 unspecified atom stereocenters. The Morgan fingerprint density at radius 2 is 1.00 bits per heavy atom. The van der Waals surface area contributed by atoms with Crippen molar-refractivity contribution >= 4 is 56.1 Å². The van der Waals surface area contributed by atoms with E-state index in [-0.39, 0.29) is 31.0 Å². The molecule has 0 aromatic heterocycles. The fourth-order valence-electron chi connectivity index (χ4n) is 3.58. The minimum absolute atomic E-state index is 0. The Bertz CT molecular complexity index is 1270. The Kier molecular flexibility index (Phi) is 21.6.